The highest BCUT2D eigenvalue weighted by molar-refractivity contribution is 5.77. The molecule has 1 N–H and O–H groups in total. The van der Waals surface area contributed by atoms with Gasteiger partial charge in [0.05, 0.1) is 26.1 Å². The number of carbonyl (C=O) groups is 3. The third-order valence-corrected chi connectivity index (χ3v) is 1.47. The fourth-order valence-corrected chi connectivity index (χ4v) is 0.780. The number of carboxylic acid groups (broad SMARTS) is 1. The van der Waals surface area contributed by atoms with Gasteiger partial charge in [-0.3, -0.25) is 14.4 Å². The van der Waals surface area contributed by atoms with Gasteiger partial charge in [0, 0.05) is 6.92 Å². The van der Waals surface area contributed by atoms with Crippen molar-refractivity contribution in [2.45, 2.75) is 46.5 Å². The van der Waals surface area contributed by atoms with Crippen molar-refractivity contribution in [1.29, 1.82) is 0 Å². The average Bonchev–Trinajstić information content (AvgIpc) is 2.30. The second kappa shape index (κ2) is 13.5. The normalized spacial score (nSPS) is 8.83. The molecule has 0 fully saturated rings. The van der Waals surface area contributed by atoms with Crippen molar-refractivity contribution in [2.24, 2.45) is 0 Å². The summed E-state index contributed by atoms with van der Waals surface area (Å²) in [7, 11) is 0. The summed E-state index contributed by atoms with van der Waals surface area (Å²) in [4.78, 5) is 30.9. The smallest absolute Gasteiger partial charge is 0.306 e. The fourth-order valence-electron chi connectivity index (χ4n) is 0.780. The van der Waals surface area contributed by atoms with E-state index in [1.807, 2.05) is 13.8 Å². The summed E-state index contributed by atoms with van der Waals surface area (Å²) in [5.74, 6) is -1.50. The molecule has 0 aromatic carbocycles. The maximum absolute atomic E-state index is 11.0. The van der Waals surface area contributed by atoms with Crippen molar-refractivity contribution in [3.63, 3.8) is 0 Å². The van der Waals surface area contributed by atoms with Gasteiger partial charge in [0.15, 0.2) is 0 Å². The lowest BCUT2D eigenvalue weighted by Gasteiger charge is -2.03. The Morgan fingerprint density at radius 1 is 0.889 bits per heavy atom. The SMILES string of the molecule is CC(=O)O.CCCOC(=O)CCC(=O)OCCC. The molecule has 0 aromatic heterocycles. The zero-order valence-electron chi connectivity index (χ0n) is 11.2. The van der Waals surface area contributed by atoms with E-state index in [0.29, 0.717) is 13.2 Å². The molecule has 0 spiro atoms. The molecule has 0 saturated carbocycles. The molecule has 0 unspecified atom stereocenters. The van der Waals surface area contributed by atoms with Gasteiger partial charge in [-0.15, -0.1) is 0 Å². The van der Waals surface area contributed by atoms with E-state index in [2.05, 4.69) is 0 Å². The molecule has 0 bridgehead atoms. The van der Waals surface area contributed by atoms with Crippen molar-refractivity contribution in [3.05, 3.63) is 0 Å². The summed E-state index contributed by atoms with van der Waals surface area (Å²) in [5, 5.41) is 7.42. The topological polar surface area (TPSA) is 89.9 Å². The molecule has 6 nitrogen and oxygen atoms in total. The summed E-state index contributed by atoms with van der Waals surface area (Å²) in [6.07, 6.45) is 1.82. The average molecular weight is 262 g/mol. The lowest BCUT2D eigenvalue weighted by atomic mass is 10.3. The number of hydrogen-bond donors (Lipinski definition) is 1. The second-order valence-electron chi connectivity index (χ2n) is 3.46. The molecule has 0 atom stereocenters. The van der Waals surface area contributed by atoms with Gasteiger partial charge in [-0.25, -0.2) is 0 Å². The molecule has 0 heterocycles. The molecule has 18 heavy (non-hydrogen) atoms. The molecule has 6 heteroatoms. The summed E-state index contributed by atoms with van der Waals surface area (Å²) < 4.78 is 9.60. The zero-order chi connectivity index (χ0) is 14.4. The minimum Gasteiger partial charge on any atom is -0.481 e. The monoisotopic (exact) mass is 262 g/mol. The summed E-state index contributed by atoms with van der Waals surface area (Å²) in [6.45, 7) is 5.76. The Morgan fingerprint density at radius 2 is 1.17 bits per heavy atom. The van der Waals surface area contributed by atoms with E-state index in [1.165, 1.54) is 0 Å². The lowest BCUT2D eigenvalue weighted by molar-refractivity contribution is -0.150. The number of ether oxygens (including phenoxy) is 2. The van der Waals surface area contributed by atoms with Crippen LogP contribution in [-0.2, 0) is 23.9 Å². The Kier molecular flexibility index (Phi) is 14.0. The summed E-state index contributed by atoms with van der Waals surface area (Å²) in [5.41, 5.74) is 0. The number of carbonyl (C=O) groups excluding carboxylic acids is 2. The first-order chi connectivity index (χ1) is 8.43. The fraction of sp³-hybridized carbons (Fsp3) is 0.750. The molecule has 0 aliphatic rings. The van der Waals surface area contributed by atoms with Gasteiger partial charge in [-0.1, -0.05) is 13.8 Å². The quantitative estimate of drug-likeness (QED) is 0.703. The third-order valence-electron chi connectivity index (χ3n) is 1.47. The molecule has 106 valence electrons. The van der Waals surface area contributed by atoms with Crippen LogP contribution in [0.5, 0.6) is 0 Å². The van der Waals surface area contributed by atoms with Crippen molar-refractivity contribution < 1.29 is 29.0 Å². The van der Waals surface area contributed by atoms with E-state index in [9.17, 15) is 9.59 Å². The summed E-state index contributed by atoms with van der Waals surface area (Å²) >= 11 is 0. The van der Waals surface area contributed by atoms with Crippen molar-refractivity contribution in [2.75, 3.05) is 13.2 Å². The molecule has 0 aliphatic carbocycles. The van der Waals surface area contributed by atoms with Crippen LogP contribution in [0.3, 0.4) is 0 Å². The third kappa shape index (κ3) is 19.9. The van der Waals surface area contributed by atoms with Gasteiger partial charge < -0.3 is 14.6 Å². The van der Waals surface area contributed by atoms with Crippen LogP contribution >= 0.6 is 0 Å². The van der Waals surface area contributed by atoms with Gasteiger partial charge in [-0.05, 0) is 12.8 Å². The van der Waals surface area contributed by atoms with E-state index >= 15 is 0 Å². The molecule has 0 rings (SSSR count). The van der Waals surface area contributed by atoms with Crippen LogP contribution < -0.4 is 0 Å². The Hall–Kier alpha value is -1.59. The largest absolute Gasteiger partial charge is 0.481 e. The highest BCUT2D eigenvalue weighted by atomic mass is 16.5. The lowest BCUT2D eigenvalue weighted by Crippen LogP contribution is -2.10. The minimum atomic E-state index is -0.833. The van der Waals surface area contributed by atoms with Crippen LogP contribution in [0, 0.1) is 0 Å². The molecule has 0 amide bonds. The van der Waals surface area contributed by atoms with Gasteiger partial charge in [0.2, 0.25) is 0 Å². The van der Waals surface area contributed by atoms with Crippen LogP contribution in [0.2, 0.25) is 0 Å². The van der Waals surface area contributed by atoms with Crippen molar-refractivity contribution in [3.8, 4) is 0 Å². The number of aliphatic carboxylic acids is 1. The Labute approximate surface area is 107 Å². The predicted octanol–water partition coefficient (Wildman–Crippen LogP) is 1.76. The highest BCUT2D eigenvalue weighted by Gasteiger charge is 2.07. The minimum absolute atomic E-state index is 0.114. The van der Waals surface area contributed by atoms with Crippen LogP contribution in [-0.4, -0.2) is 36.2 Å². The van der Waals surface area contributed by atoms with E-state index in [-0.39, 0.29) is 24.8 Å². The maximum Gasteiger partial charge on any atom is 0.306 e. The van der Waals surface area contributed by atoms with Crippen LogP contribution in [0.25, 0.3) is 0 Å². The van der Waals surface area contributed by atoms with E-state index < -0.39 is 5.97 Å². The van der Waals surface area contributed by atoms with Crippen molar-refractivity contribution >= 4 is 17.9 Å². The first kappa shape index (κ1) is 18.8. The highest BCUT2D eigenvalue weighted by Crippen LogP contribution is 1.97. The van der Waals surface area contributed by atoms with Gasteiger partial charge in [0.25, 0.3) is 5.97 Å². The van der Waals surface area contributed by atoms with Gasteiger partial charge in [0.1, 0.15) is 0 Å². The molecule has 0 aromatic rings. The van der Waals surface area contributed by atoms with Crippen LogP contribution in [0.1, 0.15) is 46.5 Å². The second-order valence-corrected chi connectivity index (χ2v) is 3.46. The van der Waals surface area contributed by atoms with E-state index in [1.54, 1.807) is 0 Å². The van der Waals surface area contributed by atoms with Gasteiger partial charge >= 0.3 is 11.9 Å². The number of hydrogen-bond acceptors (Lipinski definition) is 5. The number of rotatable bonds is 7. The molecule has 0 radical (unpaired) electrons. The standard InChI is InChI=1S/C10H18O4.C2H4O2/c1-3-7-13-9(11)5-6-10(12)14-8-4-2;1-2(3)4/h3-8H2,1-2H3;1H3,(H,3,4). The van der Waals surface area contributed by atoms with Crippen LogP contribution in [0.15, 0.2) is 0 Å². The number of carboxylic acids is 1. The molecule has 0 saturated heterocycles. The molecule has 0 aliphatic heterocycles. The first-order valence-electron chi connectivity index (χ1n) is 5.94. The Morgan fingerprint density at radius 3 is 1.39 bits per heavy atom. The molecular weight excluding hydrogens is 240 g/mol. The molecular formula is C12H22O6. The van der Waals surface area contributed by atoms with Gasteiger partial charge in [-0.2, -0.15) is 0 Å². The van der Waals surface area contributed by atoms with E-state index in [4.69, 9.17) is 19.4 Å². The maximum atomic E-state index is 11.0. The zero-order valence-corrected chi connectivity index (χ0v) is 11.2. The van der Waals surface area contributed by atoms with E-state index in [0.717, 1.165) is 19.8 Å². The Balaban J connectivity index is 0. The summed E-state index contributed by atoms with van der Waals surface area (Å²) in [6, 6.07) is 0. The Bertz CT molecular complexity index is 225. The van der Waals surface area contributed by atoms with Crippen molar-refractivity contribution in [1.82, 2.24) is 0 Å². The predicted molar refractivity (Wildman–Crippen MR) is 65.0 cm³/mol. The first-order valence-corrected chi connectivity index (χ1v) is 5.94. The number of esters is 2. The van der Waals surface area contributed by atoms with Crippen LogP contribution in [0.4, 0.5) is 0 Å².